The number of unbranched alkanes of at least 4 members (excludes halogenated alkanes) is 32. The zero-order chi connectivity index (χ0) is 55.7. The van der Waals surface area contributed by atoms with Crippen LogP contribution >= 0.6 is 0 Å². The molecule has 77 heavy (non-hydrogen) atoms. The monoisotopic (exact) mass is 1070 g/mol. The van der Waals surface area contributed by atoms with Crippen molar-refractivity contribution in [3.8, 4) is 0 Å². The smallest absolute Gasteiger partial charge is 0.306 e. The van der Waals surface area contributed by atoms with Gasteiger partial charge in [0.2, 0.25) is 0 Å². The molecular formula is C71H122O6. The molecule has 0 saturated heterocycles. The second-order valence-corrected chi connectivity index (χ2v) is 21.6. The van der Waals surface area contributed by atoms with E-state index in [1.807, 2.05) is 0 Å². The molecule has 0 saturated carbocycles. The normalized spacial score (nSPS) is 12.7. The first-order valence-corrected chi connectivity index (χ1v) is 32.7. The third-order valence-corrected chi connectivity index (χ3v) is 14.1. The molecule has 0 aromatic rings. The third-order valence-electron chi connectivity index (χ3n) is 14.1. The maximum Gasteiger partial charge on any atom is 0.306 e. The SMILES string of the molecule is CC/C=C\C/C=C\C/C=C\C/C=C\CCCCCCCCCCCCCCC(=O)OCC(COC(=O)CCCCC/C=C\C/C=C\C/C=C\CC)OC(=O)CCCCCCCCCCC/C=C\CCCCCCCCCC. The van der Waals surface area contributed by atoms with Crippen molar-refractivity contribution in [2.24, 2.45) is 0 Å². The Hall–Kier alpha value is -3.67. The van der Waals surface area contributed by atoms with Crippen molar-refractivity contribution in [3.05, 3.63) is 97.2 Å². The summed E-state index contributed by atoms with van der Waals surface area (Å²) in [5.74, 6) is -0.911. The van der Waals surface area contributed by atoms with Crippen LogP contribution in [0.15, 0.2) is 97.2 Å². The minimum Gasteiger partial charge on any atom is -0.462 e. The zero-order valence-corrected chi connectivity index (χ0v) is 50.7. The molecule has 442 valence electrons. The van der Waals surface area contributed by atoms with E-state index < -0.39 is 6.10 Å². The van der Waals surface area contributed by atoms with Crippen molar-refractivity contribution in [2.75, 3.05) is 13.2 Å². The molecule has 0 spiro atoms. The number of carbonyl (C=O) groups is 3. The van der Waals surface area contributed by atoms with E-state index >= 15 is 0 Å². The number of esters is 3. The van der Waals surface area contributed by atoms with Gasteiger partial charge in [0.25, 0.3) is 0 Å². The van der Waals surface area contributed by atoms with Crippen LogP contribution < -0.4 is 0 Å². The number of ether oxygens (including phenoxy) is 3. The highest BCUT2D eigenvalue weighted by molar-refractivity contribution is 5.71. The standard InChI is InChI=1S/C71H122O6/c1-4-7-10-13-16-19-22-25-27-29-31-33-34-35-36-38-39-41-43-46-49-52-55-58-61-64-70(73)76-67-68(66-75-69(72)63-60-57-54-51-48-45-24-21-18-15-12-9-6-3)77-71(74)65-62-59-56-53-50-47-44-42-40-37-32-30-28-26-23-20-17-14-11-8-5-2/h7,9-10,12,16,18-19,21,25,27,30-33,45,48,68H,4-6,8,11,13-15,17,20,22-24,26,28-29,34-44,46-47,49-67H2,1-3H3/b10-7-,12-9-,19-16-,21-18-,27-25-,32-30-,33-31-,48-45-. The molecule has 0 fully saturated rings. The highest BCUT2D eigenvalue weighted by Gasteiger charge is 2.19. The lowest BCUT2D eigenvalue weighted by atomic mass is 10.0. The van der Waals surface area contributed by atoms with Gasteiger partial charge in [-0.3, -0.25) is 14.4 Å². The Kier molecular flexibility index (Phi) is 61.8. The van der Waals surface area contributed by atoms with Gasteiger partial charge < -0.3 is 14.2 Å². The summed E-state index contributed by atoms with van der Waals surface area (Å²) in [6.45, 7) is 6.42. The van der Waals surface area contributed by atoms with Crippen LogP contribution in [0.25, 0.3) is 0 Å². The Labute approximate surface area is 477 Å². The van der Waals surface area contributed by atoms with Crippen molar-refractivity contribution in [1.82, 2.24) is 0 Å². The summed E-state index contributed by atoms with van der Waals surface area (Å²) in [4.78, 5) is 38.3. The maximum absolute atomic E-state index is 12.9. The Bertz CT molecular complexity index is 1510. The summed E-state index contributed by atoms with van der Waals surface area (Å²) in [5.41, 5.74) is 0. The molecule has 0 aliphatic carbocycles. The van der Waals surface area contributed by atoms with Crippen LogP contribution in [-0.4, -0.2) is 37.2 Å². The Morgan fingerprint density at radius 3 is 0.818 bits per heavy atom. The summed E-state index contributed by atoms with van der Waals surface area (Å²) in [6, 6.07) is 0. The Morgan fingerprint density at radius 1 is 0.273 bits per heavy atom. The van der Waals surface area contributed by atoms with Gasteiger partial charge in [-0.25, -0.2) is 0 Å². The van der Waals surface area contributed by atoms with Gasteiger partial charge in [0.15, 0.2) is 6.10 Å². The molecule has 0 bridgehead atoms. The summed E-state index contributed by atoms with van der Waals surface area (Å²) >= 11 is 0. The fourth-order valence-corrected chi connectivity index (χ4v) is 9.21. The van der Waals surface area contributed by atoms with Crippen molar-refractivity contribution < 1.29 is 28.6 Å². The molecule has 0 aromatic carbocycles. The van der Waals surface area contributed by atoms with Gasteiger partial charge in [-0.1, -0.05) is 279 Å². The lowest BCUT2D eigenvalue weighted by molar-refractivity contribution is -0.167. The first-order valence-electron chi connectivity index (χ1n) is 32.7. The molecule has 0 amide bonds. The molecule has 6 nitrogen and oxygen atoms in total. The molecular weight excluding hydrogens is 949 g/mol. The summed E-state index contributed by atoms with van der Waals surface area (Å²) in [7, 11) is 0. The van der Waals surface area contributed by atoms with Gasteiger partial charge >= 0.3 is 17.9 Å². The molecule has 0 aliphatic rings. The van der Waals surface area contributed by atoms with E-state index in [4.69, 9.17) is 14.2 Å². The molecule has 0 rings (SSSR count). The number of hydrogen-bond donors (Lipinski definition) is 0. The van der Waals surface area contributed by atoms with Gasteiger partial charge in [-0.15, -0.1) is 0 Å². The van der Waals surface area contributed by atoms with Crippen LogP contribution in [0.4, 0.5) is 0 Å². The molecule has 0 aliphatic heterocycles. The number of hydrogen-bond acceptors (Lipinski definition) is 6. The van der Waals surface area contributed by atoms with E-state index in [-0.39, 0.29) is 31.1 Å². The molecule has 0 radical (unpaired) electrons. The molecule has 6 heteroatoms. The third kappa shape index (κ3) is 63.0. The Morgan fingerprint density at radius 2 is 0.506 bits per heavy atom. The zero-order valence-electron chi connectivity index (χ0n) is 50.7. The average Bonchev–Trinajstić information content (AvgIpc) is 3.43. The van der Waals surface area contributed by atoms with Crippen LogP contribution in [0.3, 0.4) is 0 Å². The largest absolute Gasteiger partial charge is 0.462 e. The minimum atomic E-state index is -0.793. The number of rotatable bonds is 59. The van der Waals surface area contributed by atoms with Crippen LogP contribution in [0.1, 0.15) is 316 Å². The van der Waals surface area contributed by atoms with Gasteiger partial charge in [-0.05, 0) is 116 Å². The van der Waals surface area contributed by atoms with E-state index in [1.165, 1.54) is 167 Å². The maximum atomic E-state index is 12.9. The second kappa shape index (κ2) is 64.9. The summed E-state index contributed by atoms with van der Waals surface area (Å²) in [5, 5.41) is 0. The average molecular weight is 1070 g/mol. The van der Waals surface area contributed by atoms with Crippen molar-refractivity contribution in [1.29, 1.82) is 0 Å². The topological polar surface area (TPSA) is 78.9 Å². The summed E-state index contributed by atoms with van der Waals surface area (Å²) < 4.78 is 16.9. The van der Waals surface area contributed by atoms with E-state index in [1.54, 1.807) is 0 Å². The highest BCUT2D eigenvalue weighted by Crippen LogP contribution is 2.16. The molecule has 0 heterocycles. The van der Waals surface area contributed by atoms with Gasteiger partial charge in [-0.2, -0.15) is 0 Å². The number of carbonyl (C=O) groups excluding carboxylic acids is 3. The van der Waals surface area contributed by atoms with Gasteiger partial charge in [0.1, 0.15) is 13.2 Å². The molecule has 1 unspecified atom stereocenters. The lowest BCUT2D eigenvalue weighted by Gasteiger charge is -2.18. The van der Waals surface area contributed by atoms with Gasteiger partial charge in [0.05, 0.1) is 0 Å². The molecule has 1 atom stereocenters. The quantitative estimate of drug-likeness (QED) is 0.0261. The van der Waals surface area contributed by atoms with Gasteiger partial charge in [0, 0.05) is 19.3 Å². The fraction of sp³-hybridized carbons (Fsp3) is 0.732. The first kappa shape index (κ1) is 73.3. The minimum absolute atomic E-state index is 0.0876. The second-order valence-electron chi connectivity index (χ2n) is 21.6. The molecule has 0 N–H and O–H groups in total. The van der Waals surface area contributed by atoms with E-state index in [0.29, 0.717) is 19.3 Å². The van der Waals surface area contributed by atoms with Crippen LogP contribution in [0.2, 0.25) is 0 Å². The van der Waals surface area contributed by atoms with Crippen LogP contribution in [0.5, 0.6) is 0 Å². The predicted octanol–water partition coefficient (Wildman–Crippen LogP) is 22.4. The van der Waals surface area contributed by atoms with Crippen molar-refractivity contribution >= 4 is 17.9 Å². The first-order chi connectivity index (χ1) is 38.0. The fourth-order valence-electron chi connectivity index (χ4n) is 9.21. The highest BCUT2D eigenvalue weighted by atomic mass is 16.6. The number of allylic oxidation sites excluding steroid dienone is 16. The van der Waals surface area contributed by atoms with E-state index in [9.17, 15) is 14.4 Å². The predicted molar refractivity (Wildman–Crippen MR) is 334 cm³/mol. The van der Waals surface area contributed by atoms with E-state index in [2.05, 4.69) is 118 Å². The van der Waals surface area contributed by atoms with Crippen LogP contribution in [-0.2, 0) is 28.6 Å². The van der Waals surface area contributed by atoms with Crippen molar-refractivity contribution in [2.45, 2.75) is 322 Å². The van der Waals surface area contributed by atoms with E-state index in [0.717, 1.165) is 109 Å². The molecule has 0 aromatic heterocycles. The van der Waals surface area contributed by atoms with Crippen molar-refractivity contribution in [3.63, 3.8) is 0 Å². The lowest BCUT2D eigenvalue weighted by Crippen LogP contribution is -2.30. The summed E-state index contributed by atoms with van der Waals surface area (Å²) in [6.07, 6.45) is 87.1. The Balaban J connectivity index is 4.32. The van der Waals surface area contributed by atoms with Crippen LogP contribution in [0, 0.1) is 0 Å².